The molecule has 0 aliphatic carbocycles. The molecule has 1 aromatic heterocycles. The average Bonchev–Trinajstić information content (AvgIpc) is 2.98. The highest BCUT2D eigenvalue weighted by Gasteiger charge is 2.48. The maximum absolute atomic E-state index is 12.9. The van der Waals surface area contributed by atoms with Crippen molar-refractivity contribution in [2.45, 2.75) is 43.8 Å². The molecule has 2 heterocycles. The molecule has 0 bridgehead atoms. The second-order valence-electron chi connectivity index (χ2n) is 7.92. The number of halogens is 1. The topological polar surface area (TPSA) is 88.2 Å². The van der Waals surface area contributed by atoms with Gasteiger partial charge in [-0.15, -0.1) is 23.7 Å². The number of thiazole rings is 1. The van der Waals surface area contributed by atoms with Crippen LogP contribution in [-0.2, 0) is 20.0 Å². The number of rotatable bonds is 3. The summed E-state index contributed by atoms with van der Waals surface area (Å²) >= 11 is 1.60. The Kier molecular flexibility index (Phi) is 6.26. The third-order valence-corrected chi connectivity index (χ3v) is 8.28. The molecule has 0 spiro atoms. The van der Waals surface area contributed by atoms with Crippen LogP contribution < -0.4 is 10.6 Å². The molecular formula is C18H26ClN3O3S2. The van der Waals surface area contributed by atoms with E-state index in [1.165, 1.54) is 0 Å². The van der Waals surface area contributed by atoms with Gasteiger partial charge in [0.1, 0.15) is 0 Å². The molecule has 1 amide bonds. The first kappa shape index (κ1) is 22.1. The summed E-state index contributed by atoms with van der Waals surface area (Å²) in [5, 5.41) is 6.98. The van der Waals surface area contributed by atoms with E-state index in [1.807, 2.05) is 12.1 Å². The van der Waals surface area contributed by atoms with Crippen LogP contribution in [0.2, 0.25) is 0 Å². The van der Waals surface area contributed by atoms with Gasteiger partial charge < -0.3 is 10.6 Å². The normalized spacial score (nSPS) is 17.3. The zero-order valence-electron chi connectivity index (χ0n) is 16.0. The maximum Gasteiger partial charge on any atom is 0.245 e. The van der Waals surface area contributed by atoms with Crippen LogP contribution in [0.25, 0.3) is 10.2 Å². The number of nitrogens with one attached hydrogen (secondary N) is 2. The van der Waals surface area contributed by atoms with Gasteiger partial charge in [0.15, 0.2) is 14.6 Å². The Labute approximate surface area is 170 Å². The van der Waals surface area contributed by atoms with Crippen LogP contribution >= 0.6 is 23.7 Å². The van der Waals surface area contributed by atoms with Crippen LogP contribution in [0, 0.1) is 0 Å². The number of benzene rings is 1. The molecule has 2 aromatic rings. The number of aromatic nitrogens is 1. The minimum Gasteiger partial charge on any atom is -0.325 e. The van der Waals surface area contributed by atoms with Crippen molar-refractivity contribution in [2.75, 3.05) is 24.7 Å². The Hall–Kier alpha value is -1.22. The predicted molar refractivity (Wildman–Crippen MR) is 114 cm³/mol. The van der Waals surface area contributed by atoms with Crippen molar-refractivity contribution in [3.8, 4) is 0 Å². The molecule has 0 atom stereocenters. The molecule has 3 rings (SSSR count). The lowest BCUT2D eigenvalue weighted by Gasteiger charge is -2.34. The number of carbonyl (C=O) groups excluding carboxylic acids is 1. The number of nitrogens with zero attached hydrogens (tertiary/aromatic N) is 1. The number of amides is 1. The van der Waals surface area contributed by atoms with E-state index >= 15 is 0 Å². The second-order valence-corrected chi connectivity index (χ2v) is 11.3. The Morgan fingerprint density at radius 3 is 2.44 bits per heavy atom. The zero-order valence-corrected chi connectivity index (χ0v) is 18.4. The van der Waals surface area contributed by atoms with Gasteiger partial charge >= 0.3 is 0 Å². The number of sulfone groups is 1. The minimum atomic E-state index is -3.53. The summed E-state index contributed by atoms with van der Waals surface area (Å²) in [6, 6.07) is 5.52. The van der Waals surface area contributed by atoms with Crippen molar-refractivity contribution in [3.63, 3.8) is 0 Å². The van der Waals surface area contributed by atoms with Crippen LogP contribution in [0.5, 0.6) is 0 Å². The van der Waals surface area contributed by atoms with E-state index in [-0.39, 0.29) is 30.7 Å². The second kappa shape index (κ2) is 7.66. The van der Waals surface area contributed by atoms with Gasteiger partial charge in [0, 0.05) is 17.4 Å². The molecule has 1 aliphatic rings. The zero-order chi connectivity index (χ0) is 19.2. The van der Waals surface area contributed by atoms with Crippen molar-refractivity contribution in [1.29, 1.82) is 0 Å². The standard InChI is InChI=1S/C18H25N3O3S2.ClH/c1-17(2,3)16-21-13-6-5-12(11-14(13)25-16)20-15(22)18(26(4,23)24)7-9-19-10-8-18;/h5-6,11,19H,7-10H2,1-4H3,(H,20,22);1H. The van der Waals surface area contributed by atoms with Crippen molar-refractivity contribution >= 4 is 55.4 Å². The van der Waals surface area contributed by atoms with Gasteiger partial charge in [0.05, 0.1) is 15.2 Å². The molecule has 6 nitrogen and oxygen atoms in total. The first-order valence-corrected chi connectivity index (χ1v) is 11.4. The Bertz CT molecular complexity index is 942. The van der Waals surface area contributed by atoms with E-state index in [0.717, 1.165) is 21.5 Å². The van der Waals surface area contributed by atoms with Crippen molar-refractivity contribution < 1.29 is 13.2 Å². The van der Waals surface area contributed by atoms with Crippen LogP contribution in [0.1, 0.15) is 38.6 Å². The van der Waals surface area contributed by atoms with E-state index in [9.17, 15) is 13.2 Å². The van der Waals surface area contributed by atoms with Gasteiger partial charge in [-0.05, 0) is 44.1 Å². The molecule has 1 aromatic carbocycles. The molecular weight excluding hydrogens is 406 g/mol. The van der Waals surface area contributed by atoms with E-state index in [1.54, 1.807) is 17.4 Å². The van der Waals surface area contributed by atoms with Crippen molar-refractivity contribution in [3.05, 3.63) is 23.2 Å². The van der Waals surface area contributed by atoms with Gasteiger partial charge in [0.2, 0.25) is 5.91 Å². The molecule has 27 heavy (non-hydrogen) atoms. The van der Waals surface area contributed by atoms with Crippen LogP contribution in [-0.4, -0.2) is 43.4 Å². The quantitative estimate of drug-likeness (QED) is 0.779. The summed E-state index contributed by atoms with van der Waals surface area (Å²) in [4.78, 5) is 17.6. The summed E-state index contributed by atoms with van der Waals surface area (Å²) in [7, 11) is -3.53. The number of carbonyl (C=O) groups is 1. The molecule has 1 saturated heterocycles. The third kappa shape index (κ3) is 4.29. The number of anilines is 1. The molecule has 0 saturated carbocycles. The highest BCUT2D eigenvalue weighted by atomic mass is 35.5. The highest BCUT2D eigenvalue weighted by molar-refractivity contribution is 7.92. The maximum atomic E-state index is 12.9. The molecule has 1 fully saturated rings. The SMILES string of the molecule is CC(C)(C)c1nc2ccc(NC(=O)C3(S(C)(=O)=O)CCNCC3)cc2s1.Cl. The van der Waals surface area contributed by atoms with Gasteiger partial charge in [0.25, 0.3) is 0 Å². The molecule has 2 N–H and O–H groups in total. The fraction of sp³-hybridized carbons (Fsp3) is 0.556. The van der Waals surface area contributed by atoms with Gasteiger partial charge in [-0.2, -0.15) is 0 Å². The highest BCUT2D eigenvalue weighted by Crippen LogP contribution is 2.34. The summed E-state index contributed by atoms with van der Waals surface area (Å²) in [6.07, 6.45) is 1.73. The monoisotopic (exact) mass is 431 g/mol. The smallest absolute Gasteiger partial charge is 0.245 e. The lowest BCUT2D eigenvalue weighted by Crippen LogP contribution is -2.55. The van der Waals surface area contributed by atoms with E-state index in [2.05, 4.69) is 36.4 Å². The van der Waals surface area contributed by atoms with Gasteiger partial charge in [-0.25, -0.2) is 13.4 Å². The van der Waals surface area contributed by atoms with Crippen LogP contribution in [0.3, 0.4) is 0 Å². The number of hydrogen-bond donors (Lipinski definition) is 2. The van der Waals surface area contributed by atoms with E-state index in [4.69, 9.17) is 0 Å². The molecule has 1 aliphatic heterocycles. The van der Waals surface area contributed by atoms with E-state index < -0.39 is 20.5 Å². The Morgan fingerprint density at radius 2 is 1.89 bits per heavy atom. The Balaban J connectivity index is 0.00000261. The van der Waals surface area contributed by atoms with Crippen molar-refractivity contribution in [2.24, 2.45) is 0 Å². The van der Waals surface area contributed by atoms with Crippen molar-refractivity contribution in [1.82, 2.24) is 10.3 Å². The number of hydrogen-bond acceptors (Lipinski definition) is 6. The van der Waals surface area contributed by atoms with Gasteiger partial charge in [-0.1, -0.05) is 20.8 Å². The number of fused-ring (bicyclic) bond motifs is 1. The summed E-state index contributed by atoms with van der Waals surface area (Å²) in [5.41, 5.74) is 1.45. The van der Waals surface area contributed by atoms with Crippen LogP contribution in [0.15, 0.2) is 18.2 Å². The summed E-state index contributed by atoms with van der Waals surface area (Å²) in [6.45, 7) is 7.37. The van der Waals surface area contributed by atoms with E-state index in [0.29, 0.717) is 18.8 Å². The predicted octanol–water partition coefficient (Wildman–Crippen LogP) is 3.12. The molecule has 0 unspecified atom stereocenters. The lowest BCUT2D eigenvalue weighted by atomic mass is 9.95. The Morgan fingerprint density at radius 1 is 1.26 bits per heavy atom. The summed E-state index contributed by atoms with van der Waals surface area (Å²) in [5.74, 6) is -0.443. The minimum absolute atomic E-state index is 0. The third-order valence-electron chi connectivity index (χ3n) is 4.82. The molecule has 0 radical (unpaired) electrons. The average molecular weight is 432 g/mol. The fourth-order valence-electron chi connectivity index (χ4n) is 3.17. The first-order valence-electron chi connectivity index (χ1n) is 8.66. The first-order chi connectivity index (χ1) is 12.0. The largest absolute Gasteiger partial charge is 0.325 e. The lowest BCUT2D eigenvalue weighted by molar-refractivity contribution is -0.119. The number of piperidine rings is 1. The van der Waals surface area contributed by atoms with Gasteiger partial charge in [-0.3, -0.25) is 4.79 Å². The fourth-order valence-corrected chi connectivity index (χ4v) is 5.56. The molecule has 9 heteroatoms. The van der Waals surface area contributed by atoms with Crippen LogP contribution in [0.4, 0.5) is 5.69 Å². The molecule has 150 valence electrons. The summed E-state index contributed by atoms with van der Waals surface area (Å²) < 4.78 is 24.4.